The van der Waals surface area contributed by atoms with Gasteiger partial charge in [0.05, 0.1) is 19.0 Å². The molecule has 0 fully saturated rings. The molecule has 0 aliphatic carbocycles. The summed E-state index contributed by atoms with van der Waals surface area (Å²) in [4.78, 5) is 16.0. The summed E-state index contributed by atoms with van der Waals surface area (Å²) < 4.78 is 20.8. The van der Waals surface area contributed by atoms with Crippen molar-refractivity contribution >= 4 is 29.1 Å². The van der Waals surface area contributed by atoms with Crippen LogP contribution in [0.2, 0.25) is 0 Å². The molecule has 2 aromatic carbocycles. The average Bonchev–Trinajstić information content (AvgIpc) is 3.09. The van der Waals surface area contributed by atoms with Crippen molar-refractivity contribution in [3.05, 3.63) is 64.0 Å². The molecule has 0 aliphatic heterocycles. The first-order chi connectivity index (χ1) is 13.5. The van der Waals surface area contributed by atoms with E-state index < -0.39 is 0 Å². The molecule has 1 heterocycles. The number of rotatable bonds is 5. The maximum absolute atomic E-state index is 13.8. The van der Waals surface area contributed by atoms with E-state index in [4.69, 9.17) is 4.74 Å². The normalized spacial score (nSPS) is 11.8. The summed E-state index contributed by atoms with van der Waals surface area (Å²) in [5.41, 5.74) is 2.81. The smallest absolute Gasteiger partial charge is 0.221 e. The SMILES string of the molecule is CN=c1scc(-c2cc(F)ccc2OC)n1/N=C/c1ccc(NC(C)=O)cc1. The van der Waals surface area contributed by atoms with Gasteiger partial charge in [0, 0.05) is 30.6 Å². The highest BCUT2D eigenvalue weighted by molar-refractivity contribution is 7.07. The molecular weight excluding hydrogens is 379 g/mol. The fraction of sp³-hybridized carbons (Fsp3) is 0.150. The summed E-state index contributed by atoms with van der Waals surface area (Å²) in [5.74, 6) is 0.0599. The Hall–Kier alpha value is -3.26. The Morgan fingerprint density at radius 1 is 1.25 bits per heavy atom. The first kappa shape index (κ1) is 19.5. The predicted octanol–water partition coefficient (Wildman–Crippen LogP) is 3.74. The maximum atomic E-state index is 13.8. The molecule has 6 nitrogen and oxygen atoms in total. The lowest BCUT2D eigenvalue weighted by atomic mass is 10.1. The van der Waals surface area contributed by atoms with Crippen LogP contribution in [0.3, 0.4) is 0 Å². The van der Waals surface area contributed by atoms with E-state index in [1.807, 2.05) is 17.5 Å². The number of carbonyl (C=O) groups excluding carboxylic acids is 1. The number of thiazole rings is 1. The van der Waals surface area contributed by atoms with Gasteiger partial charge in [-0.2, -0.15) is 5.10 Å². The molecule has 0 saturated heterocycles. The number of anilines is 1. The van der Waals surface area contributed by atoms with Crippen molar-refractivity contribution in [2.45, 2.75) is 6.92 Å². The third-order valence-corrected chi connectivity index (χ3v) is 4.77. The number of benzene rings is 2. The minimum Gasteiger partial charge on any atom is -0.496 e. The minimum atomic E-state index is -0.360. The number of nitrogens with one attached hydrogen (secondary N) is 1. The molecule has 0 aliphatic rings. The fourth-order valence-electron chi connectivity index (χ4n) is 2.61. The van der Waals surface area contributed by atoms with E-state index >= 15 is 0 Å². The van der Waals surface area contributed by atoms with E-state index in [1.165, 1.54) is 30.4 Å². The highest BCUT2D eigenvalue weighted by Gasteiger charge is 2.13. The highest BCUT2D eigenvalue weighted by atomic mass is 32.1. The Kier molecular flexibility index (Phi) is 6.00. The summed E-state index contributed by atoms with van der Waals surface area (Å²) in [6.07, 6.45) is 1.67. The Morgan fingerprint density at radius 3 is 2.64 bits per heavy atom. The van der Waals surface area contributed by atoms with Crippen LogP contribution in [0.15, 0.2) is 57.9 Å². The third-order valence-electron chi connectivity index (χ3n) is 3.87. The first-order valence-electron chi connectivity index (χ1n) is 8.41. The zero-order valence-electron chi connectivity index (χ0n) is 15.6. The van der Waals surface area contributed by atoms with Crippen molar-refractivity contribution in [3.63, 3.8) is 0 Å². The minimum absolute atomic E-state index is 0.127. The topological polar surface area (TPSA) is 68.0 Å². The van der Waals surface area contributed by atoms with Crippen LogP contribution >= 0.6 is 11.3 Å². The molecule has 28 heavy (non-hydrogen) atoms. The van der Waals surface area contributed by atoms with Crippen LogP contribution in [0.25, 0.3) is 11.3 Å². The summed E-state index contributed by atoms with van der Waals surface area (Å²) >= 11 is 1.40. The molecule has 0 spiro atoms. The standard InChI is InChI=1S/C20H19FN4O2S/c1-13(26)24-16-7-4-14(5-8-16)11-23-25-18(12-28-20(25)22-2)17-10-15(21)6-9-19(17)27-3/h4-12H,1-3H3,(H,24,26)/b22-20?,23-11+. The lowest BCUT2D eigenvalue weighted by Crippen LogP contribution is -2.12. The van der Waals surface area contributed by atoms with Crippen molar-refractivity contribution in [2.75, 3.05) is 19.5 Å². The zero-order chi connectivity index (χ0) is 20.1. The second kappa shape index (κ2) is 8.62. The van der Waals surface area contributed by atoms with Gasteiger partial charge in [-0.1, -0.05) is 12.1 Å². The van der Waals surface area contributed by atoms with Gasteiger partial charge < -0.3 is 10.1 Å². The molecule has 0 radical (unpaired) electrons. The van der Waals surface area contributed by atoms with E-state index in [-0.39, 0.29) is 11.7 Å². The maximum Gasteiger partial charge on any atom is 0.221 e. The van der Waals surface area contributed by atoms with Crippen LogP contribution in [-0.2, 0) is 4.79 Å². The number of hydrogen-bond acceptors (Lipinski definition) is 5. The van der Waals surface area contributed by atoms with Gasteiger partial charge in [-0.05, 0) is 35.9 Å². The van der Waals surface area contributed by atoms with Crippen molar-refractivity contribution < 1.29 is 13.9 Å². The number of amides is 1. The highest BCUT2D eigenvalue weighted by Crippen LogP contribution is 2.31. The quantitative estimate of drug-likeness (QED) is 0.666. The molecule has 0 saturated carbocycles. The average molecular weight is 398 g/mol. The van der Waals surface area contributed by atoms with Gasteiger partial charge in [0.25, 0.3) is 0 Å². The number of nitrogens with zero attached hydrogens (tertiary/aromatic N) is 3. The van der Waals surface area contributed by atoms with Crippen LogP contribution < -0.4 is 14.9 Å². The summed E-state index contributed by atoms with van der Waals surface area (Å²) in [6.45, 7) is 1.46. The molecule has 8 heteroatoms. The summed E-state index contributed by atoms with van der Waals surface area (Å²) in [7, 11) is 3.21. The molecule has 1 N–H and O–H groups in total. The molecule has 3 rings (SSSR count). The van der Waals surface area contributed by atoms with E-state index in [0.717, 1.165) is 5.56 Å². The molecule has 0 unspecified atom stereocenters. The molecule has 1 amide bonds. The van der Waals surface area contributed by atoms with E-state index in [1.54, 1.807) is 43.2 Å². The van der Waals surface area contributed by atoms with Gasteiger partial charge in [0.15, 0.2) is 0 Å². The Bertz CT molecular complexity index is 1080. The van der Waals surface area contributed by atoms with Crippen LogP contribution in [0.5, 0.6) is 5.75 Å². The number of carbonyl (C=O) groups is 1. The Labute approximate surface area is 165 Å². The van der Waals surface area contributed by atoms with E-state index in [2.05, 4.69) is 15.4 Å². The largest absolute Gasteiger partial charge is 0.496 e. The van der Waals surface area contributed by atoms with Crippen molar-refractivity contribution in [1.82, 2.24) is 4.68 Å². The Morgan fingerprint density at radius 2 is 2.00 bits per heavy atom. The molecule has 1 aromatic heterocycles. The number of halogens is 1. The van der Waals surface area contributed by atoms with Crippen LogP contribution in [0.4, 0.5) is 10.1 Å². The number of hydrogen-bond donors (Lipinski definition) is 1. The van der Waals surface area contributed by atoms with Gasteiger partial charge in [0.2, 0.25) is 10.7 Å². The lowest BCUT2D eigenvalue weighted by Gasteiger charge is -2.09. The molecule has 144 valence electrons. The number of aromatic nitrogens is 1. The number of ether oxygens (including phenoxy) is 1. The Balaban J connectivity index is 1.99. The zero-order valence-corrected chi connectivity index (χ0v) is 16.5. The number of methoxy groups -OCH3 is 1. The van der Waals surface area contributed by atoms with Crippen LogP contribution in [-0.4, -0.2) is 31.0 Å². The predicted molar refractivity (Wildman–Crippen MR) is 109 cm³/mol. The molecule has 0 atom stereocenters. The molecule has 0 bridgehead atoms. The van der Waals surface area contributed by atoms with Gasteiger partial charge in [-0.15, -0.1) is 11.3 Å². The second-order valence-electron chi connectivity index (χ2n) is 5.83. The summed E-state index contributed by atoms with van der Waals surface area (Å²) in [5, 5.41) is 9.10. The third kappa shape index (κ3) is 4.34. The fourth-order valence-corrected chi connectivity index (χ4v) is 3.40. The molecule has 3 aromatic rings. The van der Waals surface area contributed by atoms with Gasteiger partial charge in [-0.3, -0.25) is 9.79 Å². The van der Waals surface area contributed by atoms with Crippen LogP contribution in [0, 0.1) is 5.82 Å². The van der Waals surface area contributed by atoms with Crippen molar-refractivity contribution in [3.8, 4) is 17.0 Å². The van der Waals surface area contributed by atoms with Gasteiger partial charge >= 0.3 is 0 Å². The van der Waals surface area contributed by atoms with Crippen LogP contribution in [0.1, 0.15) is 12.5 Å². The van der Waals surface area contributed by atoms with Crippen molar-refractivity contribution in [2.24, 2.45) is 10.1 Å². The van der Waals surface area contributed by atoms with E-state index in [0.29, 0.717) is 27.5 Å². The monoisotopic (exact) mass is 398 g/mol. The van der Waals surface area contributed by atoms with Gasteiger partial charge in [-0.25, -0.2) is 9.07 Å². The first-order valence-corrected chi connectivity index (χ1v) is 9.29. The summed E-state index contributed by atoms with van der Waals surface area (Å²) in [6, 6.07) is 11.6. The second-order valence-corrected chi connectivity index (χ2v) is 6.67. The van der Waals surface area contributed by atoms with E-state index in [9.17, 15) is 9.18 Å². The molecular formula is C20H19FN4O2S. The lowest BCUT2D eigenvalue weighted by molar-refractivity contribution is -0.114. The van der Waals surface area contributed by atoms with Crippen molar-refractivity contribution in [1.29, 1.82) is 0 Å². The van der Waals surface area contributed by atoms with Gasteiger partial charge in [0.1, 0.15) is 11.6 Å².